The molecular formula is C6H13BrSi. The zero-order chi connectivity index (χ0) is 6.62. The molecule has 0 N–H and O–H groups in total. The number of rotatable bonds is 2. The third-order valence-electron chi connectivity index (χ3n) is 0.707. The van der Waals surface area contributed by atoms with Crippen molar-refractivity contribution in [2.75, 3.05) is 5.33 Å². The Kier molecular flexibility index (Phi) is 3.65. The van der Waals surface area contributed by atoms with E-state index in [1.54, 1.807) is 0 Å². The minimum absolute atomic E-state index is 0.889. The highest BCUT2D eigenvalue weighted by Gasteiger charge is 2.05. The van der Waals surface area contributed by atoms with Crippen LogP contribution in [0.1, 0.15) is 0 Å². The first-order valence-corrected chi connectivity index (χ1v) is 7.50. The highest BCUT2D eigenvalue weighted by Crippen LogP contribution is 2.01. The SMILES string of the molecule is C[Si](C)(C)/C=C\CBr. The van der Waals surface area contributed by atoms with E-state index >= 15 is 0 Å². The second kappa shape index (κ2) is 3.46. The molecule has 0 nitrogen and oxygen atoms in total. The number of allylic oxidation sites excluding steroid dienone is 1. The number of hydrogen-bond acceptors (Lipinski definition) is 0. The van der Waals surface area contributed by atoms with Gasteiger partial charge in [0.2, 0.25) is 0 Å². The normalized spacial score (nSPS) is 13.0. The minimum atomic E-state index is -0.889. The zero-order valence-corrected chi connectivity index (χ0v) is 8.33. The van der Waals surface area contributed by atoms with Crippen LogP contribution < -0.4 is 0 Å². The van der Waals surface area contributed by atoms with Gasteiger partial charge in [0.05, 0.1) is 8.07 Å². The van der Waals surface area contributed by atoms with E-state index in [9.17, 15) is 0 Å². The summed E-state index contributed by atoms with van der Waals surface area (Å²) in [5.41, 5.74) is 2.34. The predicted octanol–water partition coefficient (Wildman–Crippen LogP) is 2.81. The molecule has 0 unspecified atom stereocenters. The van der Waals surface area contributed by atoms with Crippen LogP contribution in [0.5, 0.6) is 0 Å². The molecule has 0 atom stereocenters. The van der Waals surface area contributed by atoms with Crippen LogP contribution in [0.25, 0.3) is 0 Å². The molecule has 48 valence electrons. The van der Waals surface area contributed by atoms with Crippen LogP contribution in [0.4, 0.5) is 0 Å². The molecule has 0 radical (unpaired) electrons. The molecule has 0 saturated carbocycles. The monoisotopic (exact) mass is 192 g/mol. The van der Waals surface area contributed by atoms with Gasteiger partial charge in [0.15, 0.2) is 0 Å². The van der Waals surface area contributed by atoms with Crippen molar-refractivity contribution in [3.05, 3.63) is 11.8 Å². The quantitative estimate of drug-likeness (QED) is 0.467. The molecule has 0 aliphatic rings. The molecule has 0 amide bonds. The molecule has 0 spiro atoms. The lowest BCUT2D eigenvalue weighted by atomic mass is 10.8. The lowest BCUT2D eigenvalue weighted by Gasteiger charge is -2.06. The lowest BCUT2D eigenvalue weighted by molar-refractivity contribution is 1.72. The summed E-state index contributed by atoms with van der Waals surface area (Å²) in [5, 5.41) is 0.997. The van der Waals surface area contributed by atoms with Crippen molar-refractivity contribution in [3.63, 3.8) is 0 Å². The molecule has 0 aliphatic carbocycles. The minimum Gasteiger partial charge on any atom is -0.0981 e. The molecule has 0 saturated heterocycles. The van der Waals surface area contributed by atoms with Gasteiger partial charge in [-0.05, 0) is 0 Å². The highest BCUT2D eigenvalue weighted by molar-refractivity contribution is 9.09. The van der Waals surface area contributed by atoms with Crippen LogP contribution in [0, 0.1) is 0 Å². The zero-order valence-electron chi connectivity index (χ0n) is 5.74. The summed E-state index contributed by atoms with van der Waals surface area (Å²) in [7, 11) is -0.889. The molecule has 0 aromatic rings. The molecule has 0 rings (SSSR count). The highest BCUT2D eigenvalue weighted by atomic mass is 79.9. The summed E-state index contributed by atoms with van der Waals surface area (Å²) in [6.07, 6.45) is 2.19. The van der Waals surface area contributed by atoms with Gasteiger partial charge in [0.1, 0.15) is 0 Å². The van der Waals surface area contributed by atoms with Gasteiger partial charge in [0, 0.05) is 5.33 Å². The number of halogens is 1. The topological polar surface area (TPSA) is 0 Å². The fourth-order valence-electron chi connectivity index (χ4n) is 0.398. The van der Waals surface area contributed by atoms with Crippen LogP contribution in [0.3, 0.4) is 0 Å². The van der Waals surface area contributed by atoms with Gasteiger partial charge in [0.25, 0.3) is 0 Å². The Labute approximate surface area is 61.1 Å². The summed E-state index contributed by atoms with van der Waals surface area (Å²) in [6.45, 7) is 6.98. The number of hydrogen-bond donors (Lipinski definition) is 0. The average molecular weight is 193 g/mol. The van der Waals surface area contributed by atoms with Crippen molar-refractivity contribution in [3.8, 4) is 0 Å². The van der Waals surface area contributed by atoms with E-state index in [1.807, 2.05) is 0 Å². The van der Waals surface area contributed by atoms with Crippen LogP contribution in [0.2, 0.25) is 19.6 Å². The fourth-order valence-corrected chi connectivity index (χ4v) is 1.76. The van der Waals surface area contributed by atoms with Gasteiger partial charge in [-0.15, -0.1) is 0 Å². The molecule has 0 aliphatic heterocycles. The maximum absolute atomic E-state index is 3.34. The van der Waals surface area contributed by atoms with E-state index in [1.165, 1.54) is 0 Å². The first-order valence-electron chi connectivity index (χ1n) is 2.80. The van der Waals surface area contributed by atoms with Gasteiger partial charge in [-0.2, -0.15) is 0 Å². The Morgan fingerprint density at radius 1 is 1.38 bits per heavy atom. The Hall–Kier alpha value is 0.437. The molecule has 2 heteroatoms. The van der Waals surface area contributed by atoms with E-state index in [4.69, 9.17) is 0 Å². The summed E-state index contributed by atoms with van der Waals surface area (Å²) >= 11 is 3.34. The van der Waals surface area contributed by atoms with E-state index in [-0.39, 0.29) is 0 Å². The summed E-state index contributed by atoms with van der Waals surface area (Å²) < 4.78 is 0. The van der Waals surface area contributed by atoms with Gasteiger partial charge < -0.3 is 0 Å². The summed E-state index contributed by atoms with van der Waals surface area (Å²) in [5.74, 6) is 0. The molecule has 0 aromatic heterocycles. The Morgan fingerprint density at radius 3 is 2.00 bits per heavy atom. The van der Waals surface area contributed by atoms with E-state index in [0.717, 1.165) is 5.33 Å². The molecule has 0 heterocycles. The van der Waals surface area contributed by atoms with Gasteiger partial charge in [-0.1, -0.05) is 47.3 Å². The first-order chi connectivity index (χ1) is 3.56. The largest absolute Gasteiger partial charge is 0.0981 e. The van der Waals surface area contributed by atoms with Crippen LogP contribution in [-0.2, 0) is 0 Å². The third kappa shape index (κ3) is 6.44. The molecule has 0 fully saturated rings. The molecule has 0 bridgehead atoms. The van der Waals surface area contributed by atoms with Crippen molar-refractivity contribution < 1.29 is 0 Å². The van der Waals surface area contributed by atoms with Crippen molar-refractivity contribution in [2.45, 2.75) is 19.6 Å². The molecule has 0 aromatic carbocycles. The Bertz CT molecular complexity index is 81.0. The standard InChI is InChI=1S/C6H13BrSi/c1-8(2,3)6-4-5-7/h4,6H,5H2,1-3H3/b6-4-. The van der Waals surface area contributed by atoms with E-state index in [0.29, 0.717) is 0 Å². The summed E-state index contributed by atoms with van der Waals surface area (Å²) in [4.78, 5) is 0. The van der Waals surface area contributed by atoms with Gasteiger partial charge >= 0.3 is 0 Å². The third-order valence-corrected chi connectivity index (χ3v) is 2.32. The maximum Gasteiger partial charge on any atom is 0.0683 e. The molecular weight excluding hydrogens is 180 g/mol. The van der Waals surface area contributed by atoms with Gasteiger partial charge in [-0.25, -0.2) is 0 Å². The Balaban J connectivity index is 3.52. The fraction of sp³-hybridized carbons (Fsp3) is 0.667. The van der Waals surface area contributed by atoms with E-state index < -0.39 is 8.07 Å². The smallest absolute Gasteiger partial charge is 0.0683 e. The van der Waals surface area contributed by atoms with E-state index in [2.05, 4.69) is 47.3 Å². The predicted molar refractivity (Wildman–Crippen MR) is 46.3 cm³/mol. The van der Waals surface area contributed by atoms with Crippen molar-refractivity contribution in [1.82, 2.24) is 0 Å². The lowest BCUT2D eigenvalue weighted by Crippen LogP contribution is -2.15. The van der Waals surface area contributed by atoms with Crippen LogP contribution >= 0.6 is 15.9 Å². The summed E-state index contributed by atoms with van der Waals surface area (Å²) in [6, 6.07) is 0. The number of alkyl halides is 1. The van der Waals surface area contributed by atoms with Gasteiger partial charge in [-0.3, -0.25) is 0 Å². The van der Waals surface area contributed by atoms with Crippen LogP contribution in [-0.4, -0.2) is 13.4 Å². The maximum atomic E-state index is 3.34. The second-order valence-corrected chi connectivity index (χ2v) is 8.64. The van der Waals surface area contributed by atoms with Crippen molar-refractivity contribution in [2.24, 2.45) is 0 Å². The van der Waals surface area contributed by atoms with Crippen molar-refractivity contribution in [1.29, 1.82) is 0 Å². The average Bonchev–Trinajstić information content (AvgIpc) is 1.59. The van der Waals surface area contributed by atoms with Crippen molar-refractivity contribution >= 4 is 24.0 Å². The second-order valence-electron chi connectivity index (χ2n) is 2.92. The Morgan fingerprint density at radius 2 is 1.88 bits per heavy atom. The first kappa shape index (κ1) is 8.44. The molecule has 8 heavy (non-hydrogen) atoms. The van der Waals surface area contributed by atoms with Crippen LogP contribution in [0.15, 0.2) is 11.8 Å².